The number of aliphatic hydroxyl groups is 1. The molecule has 0 aromatic carbocycles. The molecule has 1 heterocycles. The van der Waals surface area contributed by atoms with Crippen molar-refractivity contribution in [2.75, 3.05) is 13.2 Å². The Morgan fingerprint density at radius 3 is 2.92 bits per heavy atom. The van der Waals surface area contributed by atoms with E-state index in [9.17, 15) is 4.79 Å². The summed E-state index contributed by atoms with van der Waals surface area (Å²) in [6, 6.07) is 0. The van der Waals surface area contributed by atoms with Crippen molar-refractivity contribution in [1.29, 1.82) is 0 Å². The topological polar surface area (TPSA) is 49.3 Å². The Balaban J connectivity index is 2.71. The zero-order chi connectivity index (χ0) is 9.84. The van der Waals surface area contributed by atoms with Crippen molar-refractivity contribution in [1.82, 2.24) is 5.32 Å². The monoisotopic (exact) mass is 263 g/mol. The number of halogens is 1. The van der Waals surface area contributed by atoms with Crippen LogP contribution in [0.15, 0.2) is 9.17 Å². The van der Waals surface area contributed by atoms with Gasteiger partial charge in [0.1, 0.15) is 0 Å². The van der Waals surface area contributed by atoms with Crippen molar-refractivity contribution in [3.05, 3.63) is 20.3 Å². The van der Waals surface area contributed by atoms with Crippen molar-refractivity contribution in [2.45, 2.75) is 6.92 Å². The highest BCUT2D eigenvalue weighted by Gasteiger charge is 2.11. The predicted molar refractivity (Wildman–Crippen MR) is 56.2 cm³/mol. The lowest BCUT2D eigenvalue weighted by Crippen LogP contribution is -2.26. The van der Waals surface area contributed by atoms with Crippen LogP contribution < -0.4 is 5.32 Å². The summed E-state index contributed by atoms with van der Waals surface area (Å²) in [7, 11) is 0. The highest BCUT2D eigenvalue weighted by atomic mass is 79.9. The molecular weight excluding hydrogens is 254 g/mol. The summed E-state index contributed by atoms with van der Waals surface area (Å²) in [6.45, 7) is 2.15. The van der Waals surface area contributed by atoms with E-state index in [0.29, 0.717) is 12.1 Å². The van der Waals surface area contributed by atoms with Crippen molar-refractivity contribution in [3.63, 3.8) is 0 Å². The second-order valence-corrected chi connectivity index (χ2v) is 4.73. The molecule has 72 valence electrons. The van der Waals surface area contributed by atoms with Gasteiger partial charge in [-0.25, -0.2) is 0 Å². The molecular formula is C8H10BrNO2S. The molecule has 0 saturated heterocycles. The maximum Gasteiger partial charge on any atom is 0.252 e. The molecule has 1 aromatic rings. The maximum atomic E-state index is 11.4. The molecule has 0 atom stereocenters. The normalized spacial score (nSPS) is 10.1. The molecule has 0 bridgehead atoms. The predicted octanol–water partition coefficient (Wildman–Crippen LogP) is 1.54. The third-order valence-electron chi connectivity index (χ3n) is 1.62. The van der Waals surface area contributed by atoms with E-state index in [4.69, 9.17) is 5.11 Å². The van der Waals surface area contributed by atoms with Crippen LogP contribution in [0.3, 0.4) is 0 Å². The molecule has 1 amide bonds. The first kappa shape index (κ1) is 10.7. The fourth-order valence-electron chi connectivity index (χ4n) is 0.882. The minimum atomic E-state index is -0.131. The summed E-state index contributed by atoms with van der Waals surface area (Å²) in [5.41, 5.74) is 1.62. The van der Waals surface area contributed by atoms with Gasteiger partial charge in [-0.05, 0) is 28.4 Å². The smallest absolute Gasteiger partial charge is 0.252 e. The van der Waals surface area contributed by atoms with Crippen LogP contribution in [0, 0.1) is 6.92 Å². The van der Waals surface area contributed by atoms with Gasteiger partial charge in [0.2, 0.25) is 0 Å². The molecule has 1 rings (SSSR count). The third-order valence-corrected chi connectivity index (χ3v) is 3.64. The number of carbonyl (C=O) groups is 1. The van der Waals surface area contributed by atoms with Gasteiger partial charge in [0, 0.05) is 11.9 Å². The third kappa shape index (κ3) is 2.52. The number of rotatable bonds is 3. The van der Waals surface area contributed by atoms with Gasteiger partial charge < -0.3 is 10.4 Å². The summed E-state index contributed by atoms with van der Waals surface area (Å²) in [5.74, 6) is -0.131. The Morgan fingerprint density at radius 1 is 1.77 bits per heavy atom. The molecule has 0 aliphatic heterocycles. The number of hydrogen-bond donors (Lipinski definition) is 2. The summed E-state index contributed by atoms with van der Waals surface area (Å²) in [4.78, 5) is 11.4. The van der Waals surface area contributed by atoms with Gasteiger partial charge in [-0.15, -0.1) is 11.3 Å². The molecule has 3 nitrogen and oxygen atoms in total. The SMILES string of the molecule is Cc1c(C(=O)NCCO)csc1Br. The Kier molecular flexibility index (Phi) is 3.90. The van der Waals surface area contributed by atoms with Crippen molar-refractivity contribution >= 4 is 33.2 Å². The molecule has 0 fully saturated rings. The summed E-state index contributed by atoms with van der Waals surface area (Å²) >= 11 is 4.83. The van der Waals surface area contributed by atoms with Gasteiger partial charge in [0.05, 0.1) is 16.0 Å². The van der Waals surface area contributed by atoms with Crippen LogP contribution in [0.25, 0.3) is 0 Å². The first-order valence-corrected chi connectivity index (χ1v) is 5.46. The van der Waals surface area contributed by atoms with Crippen LogP contribution in [0.4, 0.5) is 0 Å². The minimum Gasteiger partial charge on any atom is -0.395 e. The lowest BCUT2D eigenvalue weighted by Gasteiger charge is -2.01. The van der Waals surface area contributed by atoms with Crippen LogP contribution in [-0.4, -0.2) is 24.2 Å². The highest BCUT2D eigenvalue weighted by molar-refractivity contribution is 9.11. The van der Waals surface area contributed by atoms with Gasteiger partial charge in [0.15, 0.2) is 0 Å². The molecule has 0 aliphatic rings. The lowest BCUT2D eigenvalue weighted by atomic mass is 10.2. The van der Waals surface area contributed by atoms with Gasteiger partial charge in [-0.1, -0.05) is 0 Å². The van der Waals surface area contributed by atoms with Gasteiger partial charge in [-0.3, -0.25) is 4.79 Å². The minimum absolute atomic E-state index is 0.0317. The standard InChI is InChI=1S/C8H10BrNO2S/c1-5-6(4-13-7(5)9)8(12)10-2-3-11/h4,11H,2-3H2,1H3,(H,10,12). The van der Waals surface area contributed by atoms with Crippen molar-refractivity contribution in [2.24, 2.45) is 0 Å². The highest BCUT2D eigenvalue weighted by Crippen LogP contribution is 2.26. The molecule has 2 N–H and O–H groups in total. The van der Waals surface area contributed by atoms with E-state index in [1.807, 2.05) is 6.92 Å². The Labute approximate surface area is 88.9 Å². The molecule has 0 spiro atoms. The fourth-order valence-corrected chi connectivity index (χ4v) is 2.17. The van der Waals surface area contributed by atoms with Crippen LogP contribution in [0.5, 0.6) is 0 Å². The molecule has 0 unspecified atom stereocenters. The first-order chi connectivity index (χ1) is 6.16. The van der Waals surface area contributed by atoms with E-state index >= 15 is 0 Å². The van der Waals surface area contributed by atoms with E-state index in [-0.39, 0.29) is 12.5 Å². The van der Waals surface area contributed by atoms with Gasteiger partial charge in [-0.2, -0.15) is 0 Å². The van der Waals surface area contributed by atoms with Gasteiger partial charge in [0.25, 0.3) is 5.91 Å². The van der Waals surface area contributed by atoms with Crippen LogP contribution in [0.2, 0.25) is 0 Å². The quantitative estimate of drug-likeness (QED) is 0.870. The largest absolute Gasteiger partial charge is 0.395 e. The second-order valence-electron chi connectivity index (χ2n) is 2.53. The average Bonchev–Trinajstić information content (AvgIpc) is 2.44. The van der Waals surface area contributed by atoms with Crippen LogP contribution >= 0.6 is 27.3 Å². The average molecular weight is 264 g/mol. The summed E-state index contributed by atoms with van der Waals surface area (Å²) in [5, 5.41) is 12.9. The number of thiophene rings is 1. The molecule has 0 saturated carbocycles. The number of carbonyl (C=O) groups excluding carboxylic acids is 1. The lowest BCUT2D eigenvalue weighted by molar-refractivity contribution is 0.0944. The Bertz CT molecular complexity index is 311. The second kappa shape index (κ2) is 4.74. The van der Waals surface area contributed by atoms with Gasteiger partial charge >= 0.3 is 0 Å². The van der Waals surface area contributed by atoms with Crippen LogP contribution in [-0.2, 0) is 0 Å². The van der Waals surface area contributed by atoms with Crippen molar-refractivity contribution in [3.8, 4) is 0 Å². The molecule has 0 aliphatic carbocycles. The number of hydrogen-bond acceptors (Lipinski definition) is 3. The number of amides is 1. The summed E-state index contributed by atoms with van der Waals surface area (Å²) < 4.78 is 0.974. The maximum absolute atomic E-state index is 11.4. The summed E-state index contributed by atoms with van der Waals surface area (Å²) in [6.07, 6.45) is 0. The van der Waals surface area contributed by atoms with E-state index in [0.717, 1.165) is 9.35 Å². The van der Waals surface area contributed by atoms with E-state index < -0.39 is 0 Å². The number of aliphatic hydroxyl groups excluding tert-OH is 1. The van der Waals surface area contributed by atoms with E-state index in [2.05, 4.69) is 21.2 Å². The van der Waals surface area contributed by atoms with E-state index in [1.165, 1.54) is 11.3 Å². The molecule has 5 heteroatoms. The Morgan fingerprint density at radius 2 is 2.46 bits per heavy atom. The first-order valence-electron chi connectivity index (χ1n) is 3.79. The molecule has 13 heavy (non-hydrogen) atoms. The fraction of sp³-hybridized carbons (Fsp3) is 0.375. The molecule has 1 aromatic heterocycles. The van der Waals surface area contributed by atoms with E-state index in [1.54, 1.807) is 5.38 Å². The molecule has 0 radical (unpaired) electrons. The zero-order valence-electron chi connectivity index (χ0n) is 7.13. The zero-order valence-corrected chi connectivity index (χ0v) is 9.54. The number of nitrogens with one attached hydrogen (secondary N) is 1. The van der Waals surface area contributed by atoms with Crippen molar-refractivity contribution < 1.29 is 9.90 Å². The van der Waals surface area contributed by atoms with Crippen LogP contribution in [0.1, 0.15) is 15.9 Å². The Hall–Kier alpha value is -0.390.